The second kappa shape index (κ2) is 6.37. The summed E-state index contributed by atoms with van der Waals surface area (Å²) in [6, 6.07) is 3.89. The third-order valence-corrected chi connectivity index (χ3v) is 4.83. The number of nitrogens with zero attached hydrogens (tertiary/aromatic N) is 4. The summed E-state index contributed by atoms with van der Waals surface area (Å²) >= 11 is 6.25. The van der Waals surface area contributed by atoms with Gasteiger partial charge in [-0.15, -0.1) is 0 Å². The molecule has 0 saturated carbocycles. The van der Waals surface area contributed by atoms with Crippen LogP contribution in [-0.2, 0) is 11.3 Å². The van der Waals surface area contributed by atoms with Crippen LogP contribution in [-0.4, -0.2) is 38.4 Å². The van der Waals surface area contributed by atoms with Crippen molar-refractivity contribution in [2.24, 2.45) is 0 Å². The highest BCUT2D eigenvalue weighted by atomic mass is 35.5. The minimum atomic E-state index is 0.156. The fourth-order valence-corrected chi connectivity index (χ4v) is 3.23. The summed E-state index contributed by atoms with van der Waals surface area (Å²) in [5.41, 5.74) is 2.70. The van der Waals surface area contributed by atoms with E-state index < -0.39 is 0 Å². The number of pyridine rings is 2. The molecule has 3 aromatic heterocycles. The van der Waals surface area contributed by atoms with Crippen molar-refractivity contribution in [3.8, 4) is 0 Å². The zero-order valence-electron chi connectivity index (χ0n) is 13.9. The molecule has 1 aliphatic rings. The standard InChI is InChI=1S/C18H18ClN5O/c1-12-9-20-10-14(19)17(12)22-18-13-4-8-24(15(13)3-5-21-18)11-16(25)23-6-2-7-23/h3-5,8-10H,2,6-7,11H2,1H3,(H,20,21,22). The van der Waals surface area contributed by atoms with E-state index in [1.807, 2.05) is 34.7 Å². The number of aromatic nitrogens is 3. The number of fused-ring (bicyclic) bond motifs is 1. The molecular weight excluding hydrogens is 338 g/mol. The van der Waals surface area contributed by atoms with E-state index in [-0.39, 0.29) is 5.91 Å². The Labute approximate surface area is 150 Å². The SMILES string of the molecule is Cc1cncc(Cl)c1Nc1nccc2c1ccn2CC(=O)N1CCC1. The molecule has 1 N–H and O–H groups in total. The molecule has 0 bridgehead atoms. The lowest BCUT2D eigenvalue weighted by Gasteiger charge is -2.31. The van der Waals surface area contributed by atoms with Crippen molar-refractivity contribution in [2.45, 2.75) is 19.9 Å². The molecule has 128 valence electrons. The Morgan fingerprint density at radius 1 is 1.32 bits per heavy atom. The number of halogens is 1. The van der Waals surface area contributed by atoms with Crippen molar-refractivity contribution in [1.29, 1.82) is 0 Å². The van der Waals surface area contributed by atoms with Crippen LogP contribution in [0.1, 0.15) is 12.0 Å². The Hall–Kier alpha value is -2.60. The van der Waals surface area contributed by atoms with E-state index in [9.17, 15) is 4.79 Å². The Bertz CT molecular complexity index is 928. The zero-order valence-corrected chi connectivity index (χ0v) is 14.6. The predicted octanol–water partition coefficient (Wildman–Crippen LogP) is 3.37. The average molecular weight is 356 g/mol. The first-order valence-electron chi connectivity index (χ1n) is 8.22. The van der Waals surface area contributed by atoms with Gasteiger partial charge in [-0.1, -0.05) is 11.6 Å². The highest BCUT2D eigenvalue weighted by Crippen LogP contribution is 2.30. The van der Waals surface area contributed by atoms with Gasteiger partial charge in [0.05, 0.1) is 16.2 Å². The lowest BCUT2D eigenvalue weighted by atomic mass is 10.2. The second-order valence-corrected chi connectivity index (χ2v) is 6.62. The van der Waals surface area contributed by atoms with Crippen LogP contribution in [0.15, 0.2) is 36.9 Å². The van der Waals surface area contributed by atoms with Crippen LogP contribution in [0.25, 0.3) is 10.9 Å². The van der Waals surface area contributed by atoms with E-state index in [1.54, 1.807) is 18.6 Å². The van der Waals surface area contributed by atoms with Gasteiger partial charge in [0.25, 0.3) is 0 Å². The van der Waals surface area contributed by atoms with Crippen LogP contribution < -0.4 is 5.32 Å². The van der Waals surface area contributed by atoms with Gasteiger partial charge in [0.2, 0.25) is 5.91 Å². The number of hydrogen-bond acceptors (Lipinski definition) is 4. The smallest absolute Gasteiger partial charge is 0.242 e. The molecule has 0 aliphatic carbocycles. The van der Waals surface area contributed by atoms with Crippen molar-refractivity contribution >= 4 is 39.9 Å². The quantitative estimate of drug-likeness (QED) is 0.779. The second-order valence-electron chi connectivity index (χ2n) is 6.21. The molecule has 1 saturated heterocycles. The van der Waals surface area contributed by atoms with Crippen molar-refractivity contribution in [1.82, 2.24) is 19.4 Å². The summed E-state index contributed by atoms with van der Waals surface area (Å²) in [7, 11) is 0. The molecule has 1 aliphatic heterocycles. The van der Waals surface area contributed by atoms with E-state index in [4.69, 9.17) is 11.6 Å². The number of hydrogen-bond donors (Lipinski definition) is 1. The van der Waals surface area contributed by atoms with Crippen molar-refractivity contribution in [3.05, 3.63) is 47.5 Å². The molecule has 25 heavy (non-hydrogen) atoms. The largest absolute Gasteiger partial charge is 0.341 e. The number of amides is 1. The molecule has 0 aromatic carbocycles. The molecular formula is C18H18ClN5O. The summed E-state index contributed by atoms with van der Waals surface area (Å²) in [6.45, 7) is 4.03. The van der Waals surface area contributed by atoms with Crippen molar-refractivity contribution in [2.75, 3.05) is 18.4 Å². The van der Waals surface area contributed by atoms with Gasteiger partial charge in [0.15, 0.2) is 0 Å². The number of nitrogens with one attached hydrogen (secondary N) is 1. The monoisotopic (exact) mass is 355 g/mol. The third-order valence-electron chi connectivity index (χ3n) is 4.54. The van der Waals surface area contributed by atoms with Gasteiger partial charge in [-0.25, -0.2) is 4.98 Å². The Kier molecular flexibility index (Phi) is 4.05. The van der Waals surface area contributed by atoms with E-state index >= 15 is 0 Å². The van der Waals surface area contributed by atoms with Crippen LogP contribution in [0.4, 0.5) is 11.5 Å². The van der Waals surface area contributed by atoms with Gasteiger partial charge in [0, 0.05) is 43.3 Å². The normalized spacial score (nSPS) is 13.8. The molecule has 0 unspecified atom stereocenters. The fraction of sp³-hybridized carbons (Fsp3) is 0.278. The minimum absolute atomic E-state index is 0.156. The van der Waals surface area contributed by atoms with Crippen LogP contribution in [0.3, 0.4) is 0 Å². The van der Waals surface area contributed by atoms with Gasteiger partial charge >= 0.3 is 0 Å². The van der Waals surface area contributed by atoms with Crippen LogP contribution >= 0.6 is 11.6 Å². The number of aryl methyl sites for hydroxylation is 1. The Morgan fingerprint density at radius 2 is 2.16 bits per heavy atom. The van der Waals surface area contributed by atoms with E-state index in [0.29, 0.717) is 17.4 Å². The molecule has 4 rings (SSSR count). The Morgan fingerprint density at radius 3 is 2.88 bits per heavy atom. The number of carbonyl (C=O) groups excluding carboxylic acids is 1. The first-order valence-corrected chi connectivity index (χ1v) is 8.60. The highest BCUT2D eigenvalue weighted by Gasteiger charge is 2.21. The van der Waals surface area contributed by atoms with Crippen molar-refractivity contribution in [3.63, 3.8) is 0 Å². The lowest BCUT2D eigenvalue weighted by Crippen LogP contribution is -2.43. The van der Waals surface area contributed by atoms with Gasteiger partial charge < -0.3 is 14.8 Å². The summed E-state index contributed by atoms with van der Waals surface area (Å²) < 4.78 is 1.96. The molecule has 3 aromatic rings. The third kappa shape index (κ3) is 2.93. The van der Waals surface area contributed by atoms with Gasteiger partial charge in [0.1, 0.15) is 12.4 Å². The molecule has 4 heterocycles. The van der Waals surface area contributed by atoms with Gasteiger partial charge in [-0.2, -0.15) is 0 Å². The van der Waals surface area contributed by atoms with E-state index in [2.05, 4.69) is 15.3 Å². The molecule has 0 atom stereocenters. The molecule has 6 nitrogen and oxygen atoms in total. The number of rotatable bonds is 4. The maximum atomic E-state index is 12.3. The highest BCUT2D eigenvalue weighted by molar-refractivity contribution is 6.33. The summed E-state index contributed by atoms with van der Waals surface area (Å²) in [4.78, 5) is 22.6. The number of likely N-dealkylation sites (tertiary alicyclic amines) is 1. The molecule has 7 heteroatoms. The van der Waals surface area contributed by atoms with Crippen LogP contribution in [0.2, 0.25) is 5.02 Å². The van der Waals surface area contributed by atoms with Gasteiger partial charge in [-0.3, -0.25) is 9.78 Å². The molecule has 1 fully saturated rings. The van der Waals surface area contributed by atoms with E-state index in [1.165, 1.54) is 0 Å². The summed E-state index contributed by atoms with van der Waals surface area (Å²) in [5, 5.41) is 4.80. The maximum absolute atomic E-state index is 12.3. The summed E-state index contributed by atoms with van der Waals surface area (Å²) in [5.74, 6) is 0.868. The first kappa shape index (κ1) is 15.9. The fourth-order valence-electron chi connectivity index (χ4n) is 2.98. The topological polar surface area (TPSA) is 63.1 Å². The summed E-state index contributed by atoms with van der Waals surface area (Å²) in [6.07, 6.45) is 8.12. The van der Waals surface area contributed by atoms with Crippen molar-refractivity contribution < 1.29 is 4.79 Å². The predicted molar refractivity (Wildman–Crippen MR) is 98.2 cm³/mol. The Balaban J connectivity index is 1.66. The molecule has 0 spiro atoms. The van der Waals surface area contributed by atoms with E-state index in [0.717, 1.165) is 41.7 Å². The minimum Gasteiger partial charge on any atom is -0.341 e. The molecule has 1 amide bonds. The first-order chi connectivity index (χ1) is 12.1. The number of anilines is 2. The lowest BCUT2D eigenvalue weighted by molar-refractivity contribution is -0.135. The molecule has 0 radical (unpaired) electrons. The zero-order chi connectivity index (χ0) is 17.4. The average Bonchev–Trinajstić information content (AvgIpc) is 2.93. The maximum Gasteiger partial charge on any atom is 0.242 e. The van der Waals surface area contributed by atoms with Gasteiger partial charge in [-0.05, 0) is 31.0 Å². The van der Waals surface area contributed by atoms with Crippen LogP contribution in [0.5, 0.6) is 0 Å². The number of carbonyl (C=O) groups is 1. The van der Waals surface area contributed by atoms with Crippen LogP contribution in [0, 0.1) is 6.92 Å².